The Hall–Kier alpha value is -1.06. The number of aliphatic carboxylic acids is 1. The predicted octanol–water partition coefficient (Wildman–Crippen LogP) is 2.82. The van der Waals surface area contributed by atoms with E-state index in [1.807, 2.05) is 32.0 Å². The lowest BCUT2D eigenvalue weighted by Crippen LogP contribution is -2.55. The Morgan fingerprint density at radius 3 is 2.61 bits per heavy atom. The van der Waals surface area contributed by atoms with Gasteiger partial charge < -0.3 is 10.4 Å². The molecule has 98 valence electrons. The van der Waals surface area contributed by atoms with E-state index < -0.39 is 11.4 Å². The fourth-order valence-corrected chi connectivity index (χ4v) is 3.21. The average Bonchev–Trinajstić information content (AvgIpc) is 2.27. The van der Waals surface area contributed by atoms with Crippen molar-refractivity contribution in [1.29, 1.82) is 0 Å². The molecule has 0 radical (unpaired) electrons. The number of benzene rings is 1. The van der Waals surface area contributed by atoms with Crippen molar-refractivity contribution in [2.24, 2.45) is 0 Å². The molecule has 0 saturated carbocycles. The highest BCUT2D eigenvalue weighted by Crippen LogP contribution is 2.42. The van der Waals surface area contributed by atoms with Gasteiger partial charge in [0.2, 0.25) is 0 Å². The second kappa shape index (κ2) is 4.56. The smallest absolute Gasteiger partial charge is 0.314 e. The Balaban J connectivity index is 2.52. The van der Waals surface area contributed by atoms with Crippen molar-refractivity contribution in [3.05, 3.63) is 34.9 Å². The first-order valence-electron chi connectivity index (χ1n) is 6.11. The summed E-state index contributed by atoms with van der Waals surface area (Å²) in [5.74, 6) is -0.787. The molecule has 4 heteroatoms. The van der Waals surface area contributed by atoms with E-state index in [0.29, 0.717) is 24.4 Å². The van der Waals surface area contributed by atoms with Gasteiger partial charge >= 0.3 is 5.97 Å². The van der Waals surface area contributed by atoms with Gasteiger partial charge in [-0.25, -0.2) is 0 Å². The Bertz CT molecular complexity index is 473. The largest absolute Gasteiger partial charge is 0.481 e. The van der Waals surface area contributed by atoms with E-state index in [0.717, 1.165) is 5.56 Å². The number of carboxylic acid groups (broad SMARTS) is 1. The lowest BCUT2D eigenvalue weighted by molar-refractivity contribution is -0.146. The van der Waals surface area contributed by atoms with Crippen molar-refractivity contribution in [2.75, 3.05) is 6.54 Å². The molecule has 2 rings (SSSR count). The van der Waals surface area contributed by atoms with Crippen LogP contribution in [0.4, 0.5) is 0 Å². The van der Waals surface area contributed by atoms with E-state index in [-0.39, 0.29) is 5.54 Å². The minimum atomic E-state index is -0.882. The van der Waals surface area contributed by atoms with Crippen molar-refractivity contribution in [1.82, 2.24) is 5.32 Å². The van der Waals surface area contributed by atoms with Gasteiger partial charge in [-0.3, -0.25) is 4.79 Å². The lowest BCUT2D eigenvalue weighted by Gasteiger charge is -2.43. The molecule has 1 aliphatic heterocycles. The summed E-state index contributed by atoms with van der Waals surface area (Å²) in [6, 6.07) is 7.27. The van der Waals surface area contributed by atoms with Crippen LogP contribution in [0.25, 0.3) is 0 Å². The zero-order valence-electron chi connectivity index (χ0n) is 10.7. The standard InChI is InChI=1S/C14H18ClNO2/c1-13(2)9-14(12(17)18,7-8-16-13)10-5-3-4-6-11(10)15/h3-6,16H,7-9H2,1-2H3,(H,17,18). The van der Waals surface area contributed by atoms with Crippen molar-refractivity contribution in [3.8, 4) is 0 Å². The Kier molecular flexibility index (Phi) is 3.39. The third-order valence-corrected chi connectivity index (χ3v) is 4.03. The maximum absolute atomic E-state index is 11.8. The van der Waals surface area contributed by atoms with E-state index in [4.69, 9.17) is 11.6 Å². The molecule has 0 amide bonds. The van der Waals surface area contributed by atoms with E-state index in [2.05, 4.69) is 5.32 Å². The topological polar surface area (TPSA) is 49.3 Å². The van der Waals surface area contributed by atoms with Gasteiger partial charge in [0.15, 0.2) is 0 Å². The van der Waals surface area contributed by atoms with Crippen LogP contribution in [-0.4, -0.2) is 23.2 Å². The highest BCUT2D eigenvalue weighted by atomic mass is 35.5. The molecular weight excluding hydrogens is 250 g/mol. The number of hydrogen-bond donors (Lipinski definition) is 2. The highest BCUT2D eigenvalue weighted by molar-refractivity contribution is 6.31. The normalized spacial score (nSPS) is 26.8. The quantitative estimate of drug-likeness (QED) is 0.866. The third kappa shape index (κ3) is 2.25. The molecule has 1 aromatic carbocycles. The van der Waals surface area contributed by atoms with Crippen LogP contribution >= 0.6 is 11.6 Å². The molecule has 0 aliphatic carbocycles. The number of carboxylic acids is 1. The summed E-state index contributed by atoms with van der Waals surface area (Å²) in [4.78, 5) is 11.8. The average molecular weight is 268 g/mol. The number of carbonyl (C=O) groups is 1. The second-order valence-electron chi connectivity index (χ2n) is 5.60. The minimum Gasteiger partial charge on any atom is -0.481 e. The van der Waals surface area contributed by atoms with Gasteiger partial charge in [0.1, 0.15) is 0 Å². The Morgan fingerprint density at radius 2 is 2.06 bits per heavy atom. The molecule has 0 spiro atoms. The van der Waals surface area contributed by atoms with Gasteiger partial charge in [0, 0.05) is 10.6 Å². The zero-order chi connectivity index (χ0) is 13.4. The Labute approximate surface area is 112 Å². The van der Waals surface area contributed by atoms with Crippen molar-refractivity contribution in [3.63, 3.8) is 0 Å². The molecule has 1 aliphatic rings. The summed E-state index contributed by atoms with van der Waals surface area (Å²) in [5, 5.41) is 13.6. The van der Waals surface area contributed by atoms with Gasteiger partial charge in [-0.1, -0.05) is 29.8 Å². The number of piperidine rings is 1. The first-order valence-corrected chi connectivity index (χ1v) is 6.49. The molecule has 1 unspecified atom stereocenters. The number of halogens is 1. The molecule has 1 aromatic rings. The number of nitrogens with one attached hydrogen (secondary N) is 1. The van der Waals surface area contributed by atoms with Gasteiger partial charge in [-0.15, -0.1) is 0 Å². The molecule has 2 N–H and O–H groups in total. The molecule has 1 fully saturated rings. The summed E-state index contributed by atoms with van der Waals surface area (Å²) in [6.07, 6.45) is 1.11. The summed E-state index contributed by atoms with van der Waals surface area (Å²) >= 11 is 6.20. The molecule has 1 atom stereocenters. The fourth-order valence-electron chi connectivity index (χ4n) is 2.90. The van der Waals surface area contributed by atoms with Crippen LogP contribution < -0.4 is 5.32 Å². The SMILES string of the molecule is CC1(C)CC(C(=O)O)(c2ccccc2Cl)CCN1. The number of hydrogen-bond acceptors (Lipinski definition) is 2. The molecule has 1 heterocycles. The summed E-state index contributed by atoms with van der Waals surface area (Å²) in [7, 11) is 0. The summed E-state index contributed by atoms with van der Waals surface area (Å²) in [6.45, 7) is 4.74. The van der Waals surface area contributed by atoms with Crippen LogP contribution in [0.1, 0.15) is 32.3 Å². The van der Waals surface area contributed by atoms with Crippen molar-refractivity contribution < 1.29 is 9.90 Å². The lowest BCUT2D eigenvalue weighted by atomic mass is 9.67. The van der Waals surface area contributed by atoms with Gasteiger partial charge in [0.25, 0.3) is 0 Å². The van der Waals surface area contributed by atoms with Gasteiger partial charge in [-0.2, -0.15) is 0 Å². The van der Waals surface area contributed by atoms with Crippen LogP contribution in [0, 0.1) is 0 Å². The van der Waals surface area contributed by atoms with Crippen LogP contribution in [0.5, 0.6) is 0 Å². The zero-order valence-corrected chi connectivity index (χ0v) is 11.4. The summed E-state index contributed by atoms with van der Waals surface area (Å²) in [5.41, 5.74) is -0.350. The maximum Gasteiger partial charge on any atom is 0.314 e. The fraction of sp³-hybridized carbons (Fsp3) is 0.500. The molecule has 3 nitrogen and oxygen atoms in total. The van der Waals surface area contributed by atoms with E-state index in [9.17, 15) is 9.90 Å². The highest BCUT2D eigenvalue weighted by Gasteiger charge is 2.47. The van der Waals surface area contributed by atoms with Crippen LogP contribution in [-0.2, 0) is 10.2 Å². The van der Waals surface area contributed by atoms with E-state index in [1.54, 1.807) is 6.07 Å². The molecule has 18 heavy (non-hydrogen) atoms. The first-order chi connectivity index (χ1) is 8.37. The van der Waals surface area contributed by atoms with Crippen LogP contribution in [0.2, 0.25) is 5.02 Å². The number of rotatable bonds is 2. The van der Waals surface area contributed by atoms with Gasteiger partial charge in [0.05, 0.1) is 5.41 Å². The van der Waals surface area contributed by atoms with Gasteiger partial charge in [-0.05, 0) is 44.9 Å². The van der Waals surface area contributed by atoms with E-state index >= 15 is 0 Å². The second-order valence-corrected chi connectivity index (χ2v) is 6.01. The molecule has 0 bridgehead atoms. The first kappa shape index (κ1) is 13.4. The molecule has 0 aromatic heterocycles. The van der Waals surface area contributed by atoms with Crippen molar-refractivity contribution in [2.45, 2.75) is 37.6 Å². The van der Waals surface area contributed by atoms with Crippen molar-refractivity contribution >= 4 is 17.6 Å². The predicted molar refractivity (Wildman–Crippen MR) is 72.1 cm³/mol. The monoisotopic (exact) mass is 267 g/mol. The molecule has 1 saturated heterocycles. The Morgan fingerprint density at radius 1 is 1.39 bits per heavy atom. The molecular formula is C14H18ClNO2. The third-order valence-electron chi connectivity index (χ3n) is 3.70. The van der Waals surface area contributed by atoms with Crippen LogP contribution in [0.15, 0.2) is 24.3 Å². The van der Waals surface area contributed by atoms with Crippen LogP contribution in [0.3, 0.4) is 0 Å². The summed E-state index contributed by atoms with van der Waals surface area (Å²) < 4.78 is 0. The maximum atomic E-state index is 11.8. The minimum absolute atomic E-state index is 0.199. The van der Waals surface area contributed by atoms with E-state index in [1.165, 1.54) is 0 Å².